The molecule has 0 saturated heterocycles. The molecule has 4 rings (SSSR count). The van der Waals surface area contributed by atoms with Gasteiger partial charge < -0.3 is 0 Å². The van der Waals surface area contributed by atoms with Crippen LogP contribution in [0.4, 0.5) is 0 Å². The van der Waals surface area contributed by atoms with E-state index in [0.717, 1.165) is 16.7 Å². The molecule has 140 valence electrons. The summed E-state index contributed by atoms with van der Waals surface area (Å²) in [5.41, 5.74) is 9.86. The standard InChI is InChI=1S/C27H28Si/c1-19-11-10-14-23(17-19)25-20(2)21(3)26(28)27(25,24-15-8-5-9-16-24)18-22-12-6-4-7-13-22/h4-17H,18H2,1-3,28H3. The number of hydrogen-bond donors (Lipinski definition) is 0. The lowest BCUT2D eigenvalue weighted by atomic mass is 9.69. The molecule has 3 aromatic carbocycles. The van der Waals surface area contributed by atoms with Gasteiger partial charge in [-0.15, -0.1) is 0 Å². The first-order valence-electron chi connectivity index (χ1n) is 10.1. The monoisotopic (exact) mass is 380 g/mol. The normalized spacial score (nSPS) is 19.5. The van der Waals surface area contributed by atoms with Crippen molar-refractivity contribution >= 4 is 15.8 Å². The highest BCUT2D eigenvalue weighted by Gasteiger charge is 2.44. The summed E-state index contributed by atoms with van der Waals surface area (Å²) in [7, 11) is 1.05. The number of rotatable bonds is 4. The molecule has 0 radical (unpaired) electrons. The largest absolute Gasteiger partial charge is 0.0738 e. The van der Waals surface area contributed by atoms with Crippen LogP contribution in [0.15, 0.2) is 101 Å². The molecule has 0 fully saturated rings. The summed E-state index contributed by atoms with van der Waals surface area (Å²) >= 11 is 0. The molecule has 1 aliphatic rings. The molecular formula is C27H28Si. The maximum atomic E-state index is 2.36. The Labute approximate surface area is 172 Å². The smallest absolute Gasteiger partial charge is 0.0421 e. The minimum atomic E-state index is -0.0726. The Morgan fingerprint density at radius 2 is 1.36 bits per heavy atom. The van der Waals surface area contributed by atoms with Gasteiger partial charge in [-0.05, 0) is 55.0 Å². The van der Waals surface area contributed by atoms with E-state index in [2.05, 4.69) is 106 Å². The second kappa shape index (κ2) is 7.41. The van der Waals surface area contributed by atoms with Crippen molar-refractivity contribution in [3.8, 4) is 0 Å². The molecule has 0 saturated carbocycles. The molecule has 1 unspecified atom stereocenters. The molecule has 3 aromatic rings. The molecule has 0 aliphatic heterocycles. The van der Waals surface area contributed by atoms with Crippen molar-refractivity contribution in [3.05, 3.63) is 124 Å². The van der Waals surface area contributed by atoms with Gasteiger partial charge in [0, 0.05) is 15.7 Å². The Balaban J connectivity index is 2.02. The molecule has 1 atom stereocenters. The van der Waals surface area contributed by atoms with Crippen LogP contribution in [0.1, 0.15) is 36.1 Å². The molecular weight excluding hydrogens is 352 g/mol. The van der Waals surface area contributed by atoms with E-state index in [1.54, 1.807) is 5.20 Å². The average molecular weight is 381 g/mol. The van der Waals surface area contributed by atoms with Crippen LogP contribution >= 0.6 is 0 Å². The van der Waals surface area contributed by atoms with Crippen LogP contribution in [0.3, 0.4) is 0 Å². The molecule has 0 heterocycles. The molecule has 0 nitrogen and oxygen atoms in total. The van der Waals surface area contributed by atoms with E-state index >= 15 is 0 Å². The van der Waals surface area contributed by atoms with E-state index in [9.17, 15) is 0 Å². The zero-order valence-corrected chi connectivity index (χ0v) is 19.3. The Kier molecular flexibility index (Phi) is 4.95. The van der Waals surface area contributed by atoms with Gasteiger partial charge in [-0.3, -0.25) is 0 Å². The number of allylic oxidation sites excluding steroid dienone is 4. The predicted molar refractivity (Wildman–Crippen MR) is 125 cm³/mol. The lowest BCUT2D eigenvalue weighted by Crippen LogP contribution is -2.32. The van der Waals surface area contributed by atoms with Gasteiger partial charge in [0.05, 0.1) is 0 Å². The number of hydrogen-bond acceptors (Lipinski definition) is 0. The first-order chi connectivity index (χ1) is 13.5. The zero-order chi connectivity index (χ0) is 19.7. The number of benzene rings is 3. The Hall–Kier alpha value is -2.64. The summed E-state index contributed by atoms with van der Waals surface area (Å²) in [5.74, 6) is 0. The average Bonchev–Trinajstić information content (AvgIpc) is 2.91. The van der Waals surface area contributed by atoms with Crippen molar-refractivity contribution in [1.82, 2.24) is 0 Å². The lowest BCUT2D eigenvalue weighted by Gasteiger charge is -2.37. The quantitative estimate of drug-likeness (QED) is 0.517. The van der Waals surface area contributed by atoms with Crippen LogP contribution in [-0.4, -0.2) is 10.2 Å². The molecule has 1 heteroatoms. The SMILES string of the molecule is CC1=C([SiH3])C(Cc2ccccc2)(c2ccccc2)C(c2cccc(C)c2)=C1C. The third kappa shape index (κ3) is 3.00. The number of aryl methyl sites for hydroxylation is 1. The maximum Gasteiger partial charge on any atom is 0.0421 e. The van der Waals surface area contributed by atoms with Gasteiger partial charge in [0.25, 0.3) is 0 Å². The summed E-state index contributed by atoms with van der Waals surface area (Å²) in [5, 5.41) is 1.61. The second-order valence-corrected chi connectivity index (χ2v) is 9.05. The molecule has 0 bridgehead atoms. The highest BCUT2D eigenvalue weighted by atomic mass is 28.1. The Bertz CT molecular complexity index is 1060. The van der Waals surface area contributed by atoms with E-state index in [0.29, 0.717) is 0 Å². The van der Waals surface area contributed by atoms with Crippen molar-refractivity contribution in [2.45, 2.75) is 32.6 Å². The lowest BCUT2D eigenvalue weighted by molar-refractivity contribution is 0.676. The zero-order valence-electron chi connectivity index (χ0n) is 17.3. The van der Waals surface area contributed by atoms with Crippen LogP contribution < -0.4 is 0 Å². The summed E-state index contributed by atoms with van der Waals surface area (Å²) in [6.07, 6.45) is 1.01. The minimum Gasteiger partial charge on any atom is -0.0738 e. The molecule has 0 N–H and O–H groups in total. The molecule has 28 heavy (non-hydrogen) atoms. The van der Waals surface area contributed by atoms with Crippen molar-refractivity contribution in [2.24, 2.45) is 0 Å². The van der Waals surface area contributed by atoms with E-state index in [1.165, 1.54) is 39.0 Å². The van der Waals surface area contributed by atoms with E-state index in [-0.39, 0.29) is 5.41 Å². The summed E-state index contributed by atoms with van der Waals surface area (Å²) in [6.45, 7) is 6.83. The van der Waals surface area contributed by atoms with Crippen LogP contribution in [-0.2, 0) is 11.8 Å². The Morgan fingerprint density at radius 1 is 0.714 bits per heavy atom. The summed E-state index contributed by atoms with van der Waals surface area (Å²) in [4.78, 5) is 0. The Morgan fingerprint density at radius 3 is 2.00 bits per heavy atom. The van der Waals surface area contributed by atoms with E-state index < -0.39 is 0 Å². The van der Waals surface area contributed by atoms with Gasteiger partial charge in [-0.1, -0.05) is 101 Å². The van der Waals surface area contributed by atoms with Gasteiger partial charge in [-0.25, -0.2) is 0 Å². The third-order valence-electron chi connectivity index (χ3n) is 6.45. The summed E-state index contributed by atoms with van der Waals surface area (Å²) in [6, 6.07) is 31.2. The third-order valence-corrected chi connectivity index (χ3v) is 8.06. The topological polar surface area (TPSA) is 0 Å². The van der Waals surface area contributed by atoms with Gasteiger partial charge in [0.1, 0.15) is 0 Å². The van der Waals surface area contributed by atoms with E-state index in [4.69, 9.17) is 0 Å². The van der Waals surface area contributed by atoms with Crippen molar-refractivity contribution < 1.29 is 0 Å². The van der Waals surface area contributed by atoms with Gasteiger partial charge in [0.15, 0.2) is 0 Å². The van der Waals surface area contributed by atoms with Crippen molar-refractivity contribution in [3.63, 3.8) is 0 Å². The van der Waals surface area contributed by atoms with Crippen molar-refractivity contribution in [1.29, 1.82) is 0 Å². The fraction of sp³-hybridized carbons (Fsp3) is 0.185. The van der Waals surface area contributed by atoms with Gasteiger partial charge in [-0.2, -0.15) is 0 Å². The molecule has 0 spiro atoms. The highest BCUT2D eigenvalue weighted by Crippen LogP contribution is 2.54. The van der Waals surface area contributed by atoms with Crippen molar-refractivity contribution in [2.75, 3.05) is 0 Å². The predicted octanol–water partition coefficient (Wildman–Crippen LogP) is 5.60. The molecule has 0 amide bonds. The van der Waals surface area contributed by atoms with Crippen LogP contribution in [0, 0.1) is 6.92 Å². The van der Waals surface area contributed by atoms with Gasteiger partial charge in [0.2, 0.25) is 0 Å². The van der Waals surface area contributed by atoms with Gasteiger partial charge >= 0.3 is 0 Å². The fourth-order valence-electron chi connectivity index (χ4n) is 4.87. The fourth-order valence-corrected chi connectivity index (χ4v) is 5.96. The highest BCUT2D eigenvalue weighted by molar-refractivity contribution is 6.27. The molecule has 0 aromatic heterocycles. The van der Waals surface area contributed by atoms with Crippen LogP contribution in [0.25, 0.3) is 5.57 Å². The second-order valence-electron chi connectivity index (χ2n) is 8.05. The van der Waals surface area contributed by atoms with Crippen LogP contribution in [0.2, 0.25) is 0 Å². The molecule has 1 aliphatic carbocycles. The first-order valence-corrected chi connectivity index (χ1v) is 11.1. The first kappa shape index (κ1) is 18.7. The maximum absolute atomic E-state index is 2.36. The van der Waals surface area contributed by atoms with Crippen LogP contribution in [0.5, 0.6) is 0 Å². The van der Waals surface area contributed by atoms with E-state index in [1.807, 2.05) is 0 Å². The minimum absolute atomic E-state index is 0.0726. The summed E-state index contributed by atoms with van der Waals surface area (Å²) < 4.78 is 0.